The lowest BCUT2D eigenvalue weighted by atomic mass is 10.2. The fourth-order valence-corrected chi connectivity index (χ4v) is 1.96. The van der Waals surface area contributed by atoms with Gasteiger partial charge in [-0.1, -0.05) is 12.2 Å². The first-order chi connectivity index (χ1) is 7.24. The molecule has 4 nitrogen and oxygen atoms in total. The van der Waals surface area contributed by atoms with E-state index in [9.17, 15) is 0 Å². The third kappa shape index (κ3) is 1.27. The zero-order chi connectivity index (χ0) is 10.4. The van der Waals surface area contributed by atoms with Crippen LogP contribution >= 0.6 is 12.2 Å². The normalized spacial score (nSPS) is 13.4. The summed E-state index contributed by atoms with van der Waals surface area (Å²) in [5.41, 5.74) is 0.928. The summed E-state index contributed by atoms with van der Waals surface area (Å²) < 4.78 is 11.2. The first kappa shape index (κ1) is 8.67. The molecule has 0 bridgehead atoms. The number of benzene rings is 1. The number of nitrogens with zero attached hydrogens (tertiary/aromatic N) is 1. The molecule has 3 rings (SSSR count). The molecule has 1 aromatic heterocycles. The second kappa shape index (κ2) is 2.93. The van der Waals surface area contributed by atoms with Gasteiger partial charge in [-0.25, -0.2) is 4.98 Å². The van der Waals surface area contributed by atoms with E-state index in [1.165, 1.54) is 0 Å². The second-order valence-electron chi connectivity index (χ2n) is 3.38. The summed E-state index contributed by atoms with van der Waals surface area (Å²) >= 11 is 5.18. The van der Waals surface area contributed by atoms with Crippen LogP contribution in [0.4, 0.5) is 0 Å². The summed E-state index contributed by atoms with van der Waals surface area (Å²) in [5, 5.41) is 0.889. The number of rotatable bonds is 0. The first-order valence-electron chi connectivity index (χ1n) is 4.54. The molecule has 0 amide bonds. The molecule has 0 atom stereocenters. The summed E-state index contributed by atoms with van der Waals surface area (Å²) in [7, 11) is 0. The Bertz CT molecular complexity index is 606. The number of hydrogen-bond acceptors (Lipinski definition) is 4. The molecule has 0 spiro atoms. The van der Waals surface area contributed by atoms with Crippen molar-refractivity contribution in [3.05, 3.63) is 22.6 Å². The van der Waals surface area contributed by atoms with Crippen molar-refractivity contribution in [1.29, 1.82) is 0 Å². The molecule has 1 aliphatic rings. The van der Waals surface area contributed by atoms with E-state index >= 15 is 0 Å². The van der Waals surface area contributed by atoms with Gasteiger partial charge in [0.1, 0.15) is 10.5 Å². The van der Waals surface area contributed by atoms with E-state index in [4.69, 9.17) is 21.7 Å². The van der Waals surface area contributed by atoms with Gasteiger partial charge in [0, 0.05) is 11.5 Å². The maximum atomic E-state index is 5.29. The van der Waals surface area contributed by atoms with Gasteiger partial charge in [0.2, 0.25) is 6.79 Å². The van der Waals surface area contributed by atoms with Crippen molar-refractivity contribution >= 4 is 23.1 Å². The average molecular weight is 220 g/mol. The van der Waals surface area contributed by atoms with Gasteiger partial charge < -0.3 is 14.5 Å². The van der Waals surface area contributed by atoms with Crippen LogP contribution in [0, 0.1) is 11.6 Å². The number of aromatic amines is 1. The lowest BCUT2D eigenvalue weighted by molar-refractivity contribution is 0.174. The minimum atomic E-state index is 0.269. The highest BCUT2D eigenvalue weighted by Gasteiger charge is 2.15. The number of nitrogens with one attached hydrogen (secondary N) is 1. The fraction of sp³-hybridized carbons (Fsp3) is 0.200. The molecule has 0 unspecified atom stereocenters. The number of aromatic nitrogens is 2. The molecule has 15 heavy (non-hydrogen) atoms. The van der Waals surface area contributed by atoms with Crippen LogP contribution in [-0.4, -0.2) is 16.8 Å². The maximum Gasteiger partial charge on any atom is 0.231 e. The Morgan fingerprint density at radius 3 is 2.87 bits per heavy atom. The van der Waals surface area contributed by atoms with Crippen molar-refractivity contribution in [3.8, 4) is 11.5 Å². The molecule has 1 N–H and O–H groups in total. The van der Waals surface area contributed by atoms with Crippen molar-refractivity contribution in [2.45, 2.75) is 6.92 Å². The van der Waals surface area contributed by atoms with Crippen LogP contribution in [0.1, 0.15) is 5.82 Å². The molecule has 0 radical (unpaired) electrons. The van der Waals surface area contributed by atoms with Crippen LogP contribution in [0.2, 0.25) is 0 Å². The molecule has 0 saturated heterocycles. The average Bonchev–Trinajstić information content (AvgIpc) is 2.61. The predicted molar refractivity (Wildman–Crippen MR) is 57.8 cm³/mol. The first-order valence-corrected chi connectivity index (χ1v) is 4.95. The molecule has 0 fully saturated rings. The lowest BCUT2D eigenvalue weighted by Gasteiger charge is -2.02. The van der Waals surface area contributed by atoms with Gasteiger partial charge in [0.15, 0.2) is 11.5 Å². The van der Waals surface area contributed by atoms with E-state index in [-0.39, 0.29) is 6.79 Å². The van der Waals surface area contributed by atoms with Crippen LogP contribution in [-0.2, 0) is 0 Å². The quantitative estimate of drug-likeness (QED) is 0.692. The number of fused-ring (bicyclic) bond motifs is 2. The van der Waals surface area contributed by atoms with Crippen molar-refractivity contribution in [2.24, 2.45) is 0 Å². The molecule has 76 valence electrons. The van der Waals surface area contributed by atoms with Gasteiger partial charge in [-0.05, 0) is 13.0 Å². The lowest BCUT2D eigenvalue weighted by Crippen LogP contribution is -1.92. The molecular formula is C10H8N2O2S. The number of H-pyrrole nitrogens is 1. The largest absolute Gasteiger partial charge is 0.454 e. The molecule has 2 aromatic rings. The van der Waals surface area contributed by atoms with E-state index in [0.717, 1.165) is 28.2 Å². The number of ether oxygens (including phenoxy) is 2. The smallest absolute Gasteiger partial charge is 0.231 e. The molecule has 5 heteroatoms. The predicted octanol–water partition coefficient (Wildman–Crippen LogP) is 2.33. The Balaban J connectivity index is 2.43. The highest BCUT2D eigenvalue weighted by molar-refractivity contribution is 7.71. The Hall–Kier alpha value is -1.62. The second-order valence-corrected chi connectivity index (χ2v) is 3.77. The van der Waals surface area contributed by atoms with Crippen molar-refractivity contribution in [2.75, 3.05) is 6.79 Å². The summed E-state index contributed by atoms with van der Waals surface area (Å²) in [4.78, 5) is 7.34. The van der Waals surface area contributed by atoms with Crippen LogP contribution in [0.25, 0.3) is 10.9 Å². The zero-order valence-corrected chi connectivity index (χ0v) is 8.85. The molecule has 1 aromatic carbocycles. The van der Waals surface area contributed by atoms with E-state index in [0.29, 0.717) is 4.64 Å². The third-order valence-electron chi connectivity index (χ3n) is 2.33. The summed E-state index contributed by atoms with van der Waals surface area (Å²) in [6, 6.07) is 3.76. The van der Waals surface area contributed by atoms with Crippen LogP contribution in [0.3, 0.4) is 0 Å². The van der Waals surface area contributed by atoms with Crippen LogP contribution in [0.15, 0.2) is 12.1 Å². The highest BCUT2D eigenvalue weighted by Crippen LogP contribution is 2.35. The number of aryl methyl sites for hydroxylation is 1. The van der Waals surface area contributed by atoms with Gasteiger partial charge in [-0.3, -0.25) is 0 Å². The zero-order valence-electron chi connectivity index (χ0n) is 8.03. The van der Waals surface area contributed by atoms with E-state index < -0.39 is 0 Å². The van der Waals surface area contributed by atoms with E-state index in [1.54, 1.807) is 0 Å². The Morgan fingerprint density at radius 2 is 2.07 bits per heavy atom. The fourth-order valence-electron chi connectivity index (χ4n) is 1.66. The topological polar surface area (TPSA) is 47.1 Å². The van der Waals surface area contributed by atoms with Crippen LogP contribution < -0.4 is 9.47 Å². The Morgan fingerprint density at radius 1 is 1.33 bits per heavy atom. The third-order valence-corrected chi connectivity index (χ3v) is 2.64. The van der Waals surface area contributed by atoms with Crippen molar-refractivity contribution in [1.82, 2.24) is 9.97 Å². The Labute approximate surface area is 90.9 Å². The van der Waals surface area contributed by atoms with E-state index in [1.807, 2.05) is 19.1 Å². The summed E-state index contributed by atoms with van der Waals surface area (Å²) in [6.45, 7) is 2.14. The molecule has 2 heterocycles. The minimum absolute atomic E-state index is 0.269. The van der Waals surface area contributed by atoms with Gasteiger partial charge in [0.25, 0.3) is 0 Å². The highest BCUT2D eigenvalue weighted by atomic mass is 32.1. The Kier molecular flexibility index (Phi) is 1.70. The van der Waals surface area contributed by atoms with Crippen LogP contribution in [0.5, 0.6) is 11.5 Å². The maximum absolute atomic E-state index is 5.29. The minimum Gasteiger partial charge on any atom is -0.454 e. The molecule has 1 aliphatic heterocycles. The van der Waals surface area contributed by atoms with Gasteiger partial charge in [-0.15, -0.1) is 0 Å². The van der Waals surface area contributed by atoms with Gasteiger partial charge >= 0.3 is 0 Å². The monoisotopic (exact) mass is 220 g/mol. The van der Waals surface area contributed by atoms with Gasteiger partial charge in [-0.2, -0.15) is 0 Å². The standard InChI is InChI=1S/C10H8N2O2S/c1-5-11-7-3-9-8(13-4-14-9)2-6(7)10(15)12-5/h2-3H,4H2,1H3,(H,11,12,15). The molecular weight excluding hydrogens is 212 g/mol. The number of hydrogen-bond donors (Lipinski definition) is 1. The molecule has 0 aliphatic carbocycles. The van der Waals surface area contributed by atoms with Crippen molar-refractivity contribution in [3.63, 3.8) is 0 Å². The summed E-state index contributed by atoms with van der Waals surface area (Å²) in [6.07, 6.45) is 0. The SMILES string of the molecule is Cc1nc(=S)c2cc3c(cc2[nH]1)OCO3. The molecule has 0 saturated carbocycles. The van der Waals surface area contributed by atoms with Gasteiger partial charge in [0.05, 0.1) is 5.52 Å². The summed E-state index contributed by atoms with van der Waals surface area (Å²) in [5.74, 6) is 2.28. The van der Waals surface area contributed by atoms with E-state index in [2.05, 4.69) is 9.97 Å². The van der Waals surface area contributed by atoms with Crippen molar-refractivity contribution < 1.29 is 9.47 Å².